The molecule has 0 bridgehead atoms. The molecule has 0 spiro atoms. The van der Waals surface area contributed by atoms with Crippen LogP contribution in [0.15, 0.2) is 0 Å². The van der Waals surface area contributed by atoms with E-state index in [4.69, 9.17) is 34.8 Å². The second-order valence-electron chi connectivity index (χ2n) is 2.70. The zero-order chi connectivity index (χ0) is 10.5. The first-order valence-electron chi connectivity index (χ1n) is 4.63. The minimum absolute atomic E-state index is 0.750. The van der Waals surface area contributed by atoms with Crippen LogP contribution in [-0.4, -0.2) is 9.63 Å². The summed E-state index contributed by atoms with van der Waals surface area (Å²) in [5.41, 5.74) is 0. The summed E-state index contributed by atoms with van der Waals surface area (Å²) in [7, 11) is 0. The lowest BCUT2D eigenvalue weighted by atomic mass is 10.1. The number of unbranched alkanes of at least 4 members (excludes halogenated alkanes) is 5. The molecule has 0 aromatic carbocycles. The molecular weight excluding hydrogens is 294 g/mol. The first-order chi connectivity index (χ1) is 6.15. The Labute approximate surface area is 105 Å². The Bertz CT molecular complexity index is 70.5. The van der Waals surface area contributed by atoms with Crippen LogP contribution in [0.1, 0.15) is 45.4 Å². The standard InChI is InChI=1S/C8H17Br.CHCl3/c1-2-3-4-5-6-7-8-9;2-1(3)4/h2-8H2,1H3;1H. The van der Waals surface area contributed by atoms with Gasteiger partial charge >= 0.3 is 0 Å². The molecule has 0 aromatic rings. The summed E-state index contributed by atoms with van der Waals surface area (Å²) in [6, 6.07) is 0. The molecule has 0 atom stereocenters. The molecule has 0 aliphatic rings. The van der Waals surface area contributed by atoms with Crippen molar-refractivity contribution in [1.82, 2.24) is 0 Å². The van der Waals surface area contributed by atoms with E-state index in [1.165, 1.54) is 43.9 Å². The van der Waals surface area contributed by atoms with Gasteiger partial charge in [-0.3, -0.25) is 0 Å². The molecule has 0 unspecified atom stereocenters. The highest BCUT2D eigenvalue weighted by Gasteiger charge is 1.86. The number of alkyl halides is 4. The largest absolute Gasteiger partial charge is 0.180 e. The monoisotopic (exact) mass is 310 g/mol. The fourth-order valence-electron chi connectivity index (χ4n) is 0.875. The van der Waals surface area contributed by atoms with Crippen LogP contribution in [0.25, 0.3) is 0 Å². The first kappa shape index (κ1) is 16.8. The highest BCUT2D eigenvalue weighted by molar-refractivity contribution is 9.09. The number of hydrogen-bond acceptors (Lipinski definition) is 0. The minimum atomic E-state index is -0.750. The lowest BCUT2D eigenvalue weighted by Crippen LogP contribution is -1.78. The van der Waals surface area contributed by atoms with Crippen LogP contribution in [0.4, 0.5) is 0 Å². The normalized spacial score (nSPS) is 9.69. The van der Waals surface area contributed by atoms with Gasteiger partial charge in [-0.05, 0) is 6.42 Å². The third-order valence-electron chi connectivity index (χ3n) is 1.49. The molecule has 0 saturated carbocycles. The second kappa shape index (κ2) is 15.8. The molecule has 4 heteroatoms. The lowest BCUT2D eigenvalue weighted by Gasteiger charge is -1.95. The van der Waals surface area contributed by atoms with Crippen molar-refractivity contribution in [3.63, 3.8) is 0 Å². The zero-order valence-corrected chi connectivity index (χ0v) is 11.9. The maximum Gasteiger partial charge on any atom is 0.180 e. The van der Waals surface area contributed by atoms with Gasteiger partial charge in [0.25, 0.3) is 0 Å². The van der Waals surface area contributed by atoms with Crippen molar-refractivity contribution in [2.45, 2.75) is 49.7 Å². The van der Waals surface area contributed by atoms with E-state index in [0.717, 1.165) is 0 Å². The Morgan fingerprint density at radius 3 is 1.69 bits per heavy atom. The van der Waals surface area contributed by atoms with Crippen LogP contribution >= 0.6 is 50.7 Å². The van der Waals surface area contributed by atoms with Gasteiger partial charge < -0.3 is 0 Å². The van der Waals surface area contributed by atoms with Crippen molar-refractivity contribution in [2.75, 3.05) is 5.33 Å². The number of halogens is 4. The summed E-state index contributed by atoms with van der Waals surface area (Å²) in [5.74, 6) is 0. The van der Waals surface area contributed by atoms with Gasteiger partial charge in [0.15, 0.2) is 4.30 Å². The summed E-state index contributed by atoms with van der Waals surface area (Å²) in [4.78, 5) is 0. The molecule has 0 amide bonds. The quantitative estimate of drug-likeness (QED) is 0.434. The molecule has 0 saturated heterocycles. The maximum atomic E-state index is 4.81. The van der Waals surface area contributed by atoms with E-state index in [-0.39, 0.29) is 0 Å². The van der Waals surface area contributed by atoms with Gasteiger partial charge in [-0.1, -0.05) is 89.8 Å². The minimum Gasteiger partial charge on any atom is -0.0928 e. The van der Waals surface area contributed by atoms with Gasteiger partial charge in [0, 0.05) is 5.33 Å². The van der Waals surface area contributed by atoms with Crippen LogP contribution in [0, 0.1) is 0 Å². The molecule has 0 heterocycles. The number of hydrogen-bond donors (Lipinski definition) is 0. The third kappa shape index (κ3) is 31.8. The van der Waals surface area contributed by atoms with Crippen molar-refractivity contribution in [3.8, 4) is 0 Å². The molecule has 0 aliphatic heterocycles. The molecule has 0 N–H and O–H groups in total. The molecule has 0 rings (SSSR count). The van der Waals surface area contributed by atoms with Gasteiger partial charge in [0.1, 0.15) is 0 Å². The van der Waals surface area contributed by atoms with Crippen LogP contribution in [0.2, 0.25) is 0 Å². The Morgan fingerprint density at radius 2 is 1.31 bits per heavy atom. The van der Waals surface area contributed by atoms with Gasteiger partial charge in [-0.25, -0.2) is 0 Å². The fraction of sp³-hybridized carbons (Fsp3) is 1.00. The van der Waals surface area contributed by atoms with Gasteiger partial charge in [0.2, 0.25) is 0 Å². The Morgan fingerprint density at radius 1 is 0.923 bits per heavy atom. The number of rotatable bonds is 6. The predicted molar refractivity (Wildman–Crippen MR) is 68.5 cm³/mol. The molecule has 0 radical (unpaired) electrons. The average Bonchev–Trinajstić information content (AvgIpc) is 2.03. The van der Waals surface area contributed by atoms with Crippen molar-refractivity contribution in [3.05, 3.63) is 0 Å². The Kier molecular flexibility index (Phi) is 20.4. The van der Waals surface area contributed by atoms with Gasteiger partial charge in [0.05, 0.1) is 0 Å². The Balaban J connectivity index is 0. The molecule has 0 nitrogen and oxygen atoms in total. The first-order valence-corrected chi connectivity index (χ1v) is 7.06. The van der Waals surface area contributed by atoms with Crippen LogP contribution in [-0.2, 0) is 0 Å². The highest BCUT2D eigenvalue weighted by Crippen LogP contribution is 2.05. The van der Waals surface area contributed by atoms with Gasteiger partial charge in [-0.2, -0.15) is 0 Å². The molecule has 0 aromatic heterocycles. The smallest absolute Gasteiger partial charge is 0.0928 e. The lowest BCUT2D eigenvalue weighted by molar-refractivity contribution is 0.628. The maximum absolute atomic E-state index is 4.81. The van der Waals surface area contributed by atoms with Crippen molar-refractivity contribution < 1.29 is 0 Å². The summed E-state index contributed by atoms with van der Waals surface area (Å²) in [6.07, 6.45) is 8.40. The molecule has 82 valence electrons. The molecule has 0 aliphatic carbocycles. The van der Waals surface area contributed by atoms with Crippen molar-refractivity contribution >= 4 is 50.7 Å². The third-order valence-corrected chi connectivity index (χ3v) is 2.05. The van der Waals surface area contributed by atoms with Crippen LogP contribution < -0.4 is 0 Å². The summed E-state index contributed by atoms with van der Waals surface area (Å²) in [6.45, 7) is 2.25. The topological polar surface area (TPSA) is 0 Å². The second-order valence-corrected chi connectivity index (χ2v) is 5.48. The van der Waals surface area contributed by atoms with Crippen molar-refractivity contribution in [2.24, 2.45) is 0 Å². The van der Waals surface area contributed by atoms with Crippen LogP contribution in [0.3, 0.4) is 0 Å². The van der Waals surface area contributed by atoms with E-state index < -0.39 is 4.30 Å². The zero-order valence-electron chi connectivity index (χ0n) is 8.04. The van der Waals surface area contributed by atoms with Crippen molar-refractivity contribution in [1.29, 1.82) is 0 Å². The molecular formula is C9H18BrCl3. The van der Waals surface area contributed by atoms with E-state index in [9.17, 15) is 0 Å². The van der Waals surface area contributed by atoms with E-state index in [1.807, 2.05) is 0 Å². The summed E-state index contributed by atoms with van der Waals surface area (Å²) >= 11 is 17.8. The molecule has 13 heavy (non-hydrogen) atoms. The summed E-state index contributed by atoms with van der Waals surface area (Å²) < 4.78 is -0.750. The SMILES string of the molecule is CCCCCCCCBr.ClC(Cl)Cl. The average molecular weight is 313 g/mol. The fourth-order valence-corrected chi connectivity index (χ4v) is 1.27. The Hall–Kier alpha value is 1.35. The van der Waals surface area contributed by atoms with Crippen LogP contribution in [0.5, 0.6) is 0 Å². The summed E-state index contributed by atoms with van der Waals surface area (Å²) in [5, 5.41) is 1.18. The van der Waals surface area contributed by atoms with Gasteiger partial charge in [-0.15, -0.1) is 0 Å². The highest BCUT2D eigenvalue weighted by atomic mass is 79.9. The predicted octanol–water partition coefficient (Wildman–Crippen LogP) is 5.73. The van der Waals surface area contributed by atoms with E-state index in [1.54, 1.807) is 0 Å². The van der Waals surface area contributed by atoms with E-state index in [0.29, 0.717) is 0 Å². The van der Waals surface area contributed by atoms with E-state index in [2.05, 4.69) is 22.9 Å². The molecule has 0 fully saturated rings. The van der Waals surface area contributed by atoms with E-state index >= 15 is 0 Å².